The van der Waals surface area contributed by atoms with Crippen LogP contribution in [0.2, 0.25) is 0 Å². The summed E-state index contributed by atoms with van der Waals surface area (Å²) in [6, 6.07) is 7.76. The van der Waals surface area contributed by atoms with Crippen molar-refractivity contribution in [3.63, 3.8) is 0 Å². The van der Waals surface area contributed by atoms with Gasteiger partial charge in [0.1, 0.15) is 0 Å². The van der Waals surface area contributed by atoms with Gasteiger partial charge in [-0.3, -0.25) is 10.1 Å². The van der Waals surface area contributed by atoms with Crippen LogP contribution >= 0.6 is 11.8 Å². The van der Waals surface area contributed by atoms with E-state index in [1.807, 2.05) is 31.2 Å². The Morgan fingerprint density at radius 2 is 2.29 bits per heavy atom. The lowest BCUT2D eigenvalue weighted by Gasteiger charge is -2.18. The van der Waals surface area contributed by atoms with Crippen molar-refractivity contribution < 1.29 is 4.79 Å². The Balaban J connectivity index is 1.98. The maximum atomic E-state index is 12.0. The fraction of sp³-hybridized carbons (Fsp3) is 0.462. The second-order valence-electron chi connectivity index (χ2n) is 4.88. The highest BCUT2D eigenvalue weighted by atomic mass is 32.2. The molecule has 1 atom stereocenters. The lowest BCUT2D eigenvalue weighted by Crippen LogP contribution is -2.43. The van der Waals surface area contributed by atoms with Crippen molar-refractivity contribution >= 4 is 23.4 Å². The summed E-state index contributed by atoms with van der Waals surface area (Å²) in [7, 11) is 0. The average Bonchev–Trinajstić information content (AvgIpc) is 2.59. The molecule has 3 nitrogen and oxygen atoms in total. The van der Waals surface area contributed by atoms with Gasteiger partial charge in [-0.2, -0.15) is 0 Å². The van der Waals surface area contributed by atoms with Gasteiger partial charge >= 0.3 is 0 Å². The van der Waals surface area contributed by atoms with Gasteiger partial charge in [-0.05, 0) is 38.5 Å². The number of carbonyl (C=O) groups excluding carboxylic acids is 1. The fourth-order valence-electron chi connectivity index (χ4n) is 1.89. The van der Waals surface area contributed by atoms with Gasteiger partial charge in [0.05, 0.1) is 10.9 Å². The fourth-order valence-corrected chi connectivity index (χ4v) is 2.93. The van der Waals surface area contributed by atoms with Crippen molar-refractivity contribution in [1.29, 1.82) is 0 Å². The lowest BCUT2D eigenvalue weighted by atomic mass is 10.2. The number of benzene rings is 1. The molecule has 1 amide bonds. The highest BCUT2D eigenvalue weighted by Crippen LogP contribution is 2.29. The largest absolute Gasteiger partial charge is 0.325 e. The molecule has 17 heavy (non-hydrogen) atoms. The molecule has 1 aromatic carbocycles. The molecule has 4 heteroatoms. The van der Waals surface area contributed by atoms with Crippen LogP contribution in [0.25, 0.3) is 0 Å². The predicted molar refractivity (Wildman–Crippen MR) is 73.3 cm³/mol. The summed E-state index contributed by atoms with van der Waals surface area (Å²) >= 11 is 1.78. The average molecular weight is 250 g/mol. The van der Waals surface area contributed by atoms with Crippen LogP contribution in [0.5, 0.6) is 0 Å². The summed E-state index contributed by atoms with van der Waals surface area (Å²) in [5, 5.41) is 6.26. The van der Waals surface area contributed by atoms with E-state index in [1.165, 1.54) is 0 Å². The summed E-state index contributed by atoms with van der Waals surface area (Å²) in [6.45, 7) is 6.21. The van der Waals surface area contributed by atoms with E-state index < -0.39 is 0 Å². The SMILES string of the molecule is Cc1cccc(NC(=O)C2CSC(C)(C)N2)c1. The molecule has 1 saturated heterocycles. The normalized spacial score (nSPS) is 22.4. The summed E-state index contributed by atoms with van der Waals surface area (Å²) in [5.41, 5.74) is 2.02. The molecule has 0 bridgehead atoms. The van der Waals surface area contributed by atoms with E-state index in [4.69, 9.17) is 0 Å². The first-order valence-electron chi connectivity index (χ1n) is 5.75. The number of hydrogen-bond acceptors (Lipinski definition) is 3. The molecule has 0 saturated carbocycles. The van der Waals surface area contributed by atoms with Crippen molar-refractivity contribution in [3.05, 3.63) is 29.8 Å². The molecule has 0 aliphatic carbocycles. The minimum atomic E-state index is -0.101. The van der Waals surface area contributed by atoms with E-state index in [-0.39, 0.29) is 16.8 Å². The van der Waals surface area contributed by atoms with E-state index in [2.05, 4.69) is 24.5 Å². The maximum Gasteiger partial charge on any atom is 0.242 e. The quantitative estimate of drug-likeness (QED) is 0.846. The van der Waals surface area contributed by atoms with Gasteiger partial charge in [0.2, 0.25) is 5.91 Å². The molecule has 2 rings (SSSR count). The number of hydrogen-bond donors (Lipinski definition) is 2. The number of carbonyl (C=O) groups is 1. The Hall–Kier alpha value is -1.00. The van der Waals surface area contributed by atoms with Crippen molar-refractivity contribution in [2.75, 3.05) is 11.1 Å². The second-order valence-corrected chi connectivity index (χ2v) is 6.52. The molecular weight excluding hydrogens is 232 g/mol. The molecule has 1 aromatic rings. The smallest absolute Gasteiger partial charge is 0.242 e. The van der Waals surface area contributed by atoms with Gasteiger partial charge in [0, 0.05) is 11.4 Å². The number of nitrogens with one attached hydrogen (secondary N) is 2. The molecule has 1 aliphatic heterocycles. The van der Waals surface area contributed by atoms with Crippen LogP contribution in [0.15, 0.2) is 24.3 Å². The lowest BCUT2D eigenvalue weighted by molar-refractivity contribution is -0.117. The Morgan fingerprint density at radius 1 is 1.53 bits per heavy atom. The van der Waals surface area contributed by atoms with E-state index in [0.717, 1.165) is 17.0 Å². The Bertz CT molecular complexity index is 431. The molecule has 0 radical (unpaired) electrons. The van der Waals surface area contributed by atoms with E-state index in [1.54, 1.807) is 11.8 Å². The molecule has 0 spiro atoms. The third-order valence-corrected chi connectivity index (χ3v) is 4.07. The number of amides is 1. The minimum absolute atomic E-state index is 0.00535. The zero-order chi connectivity index (χ0) is 12.5. The summed E-state index contributed by atoms with van der Waals surface area (Å²) < 4.78 is 0. The Kier molecular flexibility index (Phi) is 3.45. The molecule has 0 aromatic heterocycles. The minimum Gasteiger partial charge on any atom is -0.325 e. The van der Waals surface area contributed by atoms with Crippen molar-refractivity contribution in [2.24, 2.45) is 0 Å². The Labute approximate surface area is 106 Å². The predicted octanol–water partition coefficient (Wildman–Crippen LogP) is 2.37. The van der Waals surface area contributed by atoms with Crippen molar-refractivity contribution in [2.45, 2.75) is 31.7 Å². The third-order valence-electron chi connectivity index (χ3n) is 2.73. The molecule has 92 valence electrons. The molecule has 1 fully saturated rings. The molecule has 1 unspecified atom stereocenters. The zero-order valence-corrected chi connectivity index (χ0v) is 11.2. The topological polar surface area (TPSA) is 41.1 Å². The number of anilines is 1. The molecule has 1 heterocycles. The Morgan fingerprint density at radius 3 is 2.88 bits per heavy atom. The summed E-state index contributed by atoms with van der Waals surface area (Å²) in [4.78, 5) is 12.0. The van der Waals surface area contributed by atoms with Crippen molar-refractivity contribution in [1.82, 2.24) is 5.32 Å². The first-order valence-corrected chi connectivity index (χ1v) is 6.74. The zero-order valence-electron chi connectivity index (χ0n) is 10.4. The molecule has 1 aliphatic rings. The number of thioether (sulfide) groups is 1. The number of rotatable bonds is 2. The van der Waals surface area contributed by atoms with Gasteiger partial charge in [0.15, 0.2) is 0 Å². The number of aryl methyl sites for hydroxylation is 1. The molecular formula is C13H18N2OS. The van der Waals surface area contributed by atoms with Gasteiger partial charge in [-0.15, -0.1) is 11.8 Å². The van der Waals surface area contributed by atoms with Crippen LogP contribution in [0, 0.1) is 6.92 Å². The summed E-state index contributed by atoms with van der Waals surface area (Å²) in [6.07, 6.45) is 0. The van der Waals surface area contributed by atoms with Crippen molar-refractivity contribution in [3.8, 4) is 0 Å². The second kappa shape index (κ2) is 4.70. The van der Waals surface area contributed by atoms with Gasteiger partial charge < -0.3 is 5.32 Å². The standard InChI is InChI=1S/C13H18N2OS/c1-9-5-4-6-10(7-9)14-12(16)11-8-17-13(2,3)15-11/h4-7,11,15H,8H2,1-3H3,(H,14,16). The first-order chi connectivity index (χ1) is 7.96. The van der Waals surface area contributed by atoms with Crippen LogP contribution in [-0.2, 0) is 4.79 Å². The van der Waals surface area contributed by atoms with Crippen LogP contribution < -0.4 is 10.6 Å². The van der Waals surface area contributed by atoms with Gasteiger partial charge in [0.25, 0.3) is 0 Å². The van der Waals surface area contributed by atoms with E-state index >= 15 is 0 Å². The third kappa shape index (κ3) is 3.23. The van der Waals surface area contributed by atoms with E-state index in [9.17, 15) is 4.79 Å². The van der Waals surface area contributed by atoms with E-state index in [0.29, 0.717) is 0 Å². The maximum absolute atomic E-state index is 12.0. The van der Waals surface area contributed by atoms with Crippen LogP contribution in [0.3, 0.4) is 0 Å². The highest BCUT2D eigenvalue weighted by molar-refractivity contribution is 8.00. The van der Waals surface area contributed by atoms with Crippen LogP contribution in [0.1, 0.15) is 19.4 Å². The monoisotopic (exact) mass is 250 g/mol. The summed E-state index contributed by atoms with van der Waals surface area (Å²) in [5.74, 6) is 0.874. The van der Waals surface area contributed by atoms with Gasteiger partial charge in [-0.25, -0.2) is 0 Å². The molecule has 2 N–H and O–H groups in total. The van der Waals surface area contributed by atoms with Crippen LogP contribution in [-0.4, -0.2) is 22.6 Å². The van der Waals surface area contributed by atoms with Crippen LogP contribution in [0.4, 0.5) is 5.69 Å². The van der Waals surface area contributed by atoms with Gasteiger partial charge in [-0.1, -0.05) is 12.1 Å². The highest BCUT2D eigenvalue weighted by Gasteiger charge is 2.34. The first kappa shape index (κ1) is 12.5.